The summed E-state index contributed by atoms with van der Waals surface area (Å²) in [6, 6.07) is 4.23. The number of aliphatic hydroxyl groups excluding tert-OH is 1. The Morgan fingerprint density at radius 3 is 2.94 bits per heavy atom. The average molecular weight is 263 g/mol. The first-order chi connectivity index (χ1) is 8.70. The molecule has 0 fully saturated rings. The molecule has 1 aromatic heterocycles. The van der Waals surface area contributed by atoms with Gasteiger partial charge in [-0.25, -0.2) is 4.39 Å². The van der Waals surface area contributed by atoms with Crippen molar-refractivity contribution >= 4 is 11.3 Å². The normalized spacial score (nSPS) is 9.89. The molecule has 0 saturated heterocycles. The Morgan fingerprint density at radius 1 is 1.44 bits per heavy atom. The molecule has 0 aliphatic carbocycles. The maximum Gasteiger partial charge on any atom is 0.307 e. The lowest BCUT2D eigenvalue weighted by Crippen LogP contribution is -2.13. The van der Waals surface area contributed by atoms with E-state index in [9.17, 15) is 9.18 Å². The van der Waals surface area contributed by atoms with E-state index in [-0.39, 0.29) is 11.5 Å². The summed E-state index contributed by atoms with van der Waals surface area (Å²) in [4.78, 5) is 11.4. The van der Waals surface area contributed by atoms with Gasteiger partial charge >= 0.3 is 4.87 Å². The predicted octanol–water partition coefficient (Wildman–Crippen LogP) is 1.44. The highest BCUT2D eigenvalue weighted by Gasteiger charge is 2.04. The van der Waals surface area contributed by atoms with Gasteiger partial charge in [-0.15, -0.1) is 0 Å². The molecule has 0 unspecified atom stereocenters. The average Bonchev–Trinajstić information content (AvgIpc) is 2.75. The monoisotopic (exact) mass is 263 g/mol. The van der Waals surface area contributed by atoms with Crippen molar-refractivity contribution in [1.82, 2.24) is 4.57 Å². The van der Waals surface area contributed by atoms with Crippen LogP contribution in [-0.4, -0.2) is 16.3 Å². The molecule has 92 valence electrons. The Kier molecular flexibility index (Phi) is 3.92. The minimum atomic E-state index is -0.390. The molecule has 0 aliphatic heterocycles. The molecule has 5 heteroatoms. The van der Waals surface area contributed by atoms with Gasteiger partial charge in [0.25, 0.3) is 0 Å². The summed E-state index contributed by atoms with van der Waals surface area (Å²) in [7, 11) is 0. The van der Waals surface area contributed by atoms with Crippen LogP contribution in [0.2, 0.25) is 0 Å². The maximum absolute atomic E-state index is 13.1. The molecule has 0 amide bonds. The number of aliphatic hydroxyl groups is 1. The van der Waals surface area contributed by atoms with Gasteiger partial charge in [0, 0.05) is 17.1 Å². The summed E-state index contributed by atoms with van der Waals surface area (Å²) in [5.41, 5.74) is 1.24. The number of benzene rings is 1. The molecule has 2 aromatic rings. The van der Waals surface area contributed by atoms with Crippen LogP contribution in [0.4, 0.5) is 4.39 Å². The Balaban J connectivity index is 2.38. The summed E-state index contributed by atoms with van der Waals surface area (Å²) in [6.45, 7) is 0.0619. The number of thiazole rings is 1. The summed E-state index contributed by atoms with van der Waals surface area (Å²) >= 11 is 1.11. The molecule has 1 N–H and O–H groups in total. The lowest BCUT2D eigenvalue weighted by atomic mass is 10.1. The van der Waals surface area contributed by atoms with Crippen molar-refractivity contribution in [1.29, 1.82) is 0 Å². The standard InChI is InChI=1S/C13H10FNO2S/c14-12-4-3-11(10(8-12)2-1-6-16)9-15-5-7-18-13(15)17/h3-5,7-8,16H,6,9H2. The van der Waals surface area contributed by atoms with E-state index in [1.165, 1.54) is 16.7 Å². The van der Waals surface area contributed by atoms with Crippen LogP contribution in [0.1, 0.15) is 11.1 Å². The van der Waals surface area contributed by atoms with Crippen LogP contribution in [0, 0.1) is 17.7 Å². The first-order valence-corrected chi connectivity index (χ1v) is 6.11. The van der Waals surface area contributed by atoms with E-state index < -0.39 is 5.82 Å². The third kappa shape index (κ3) is 2.86. The predicted molar refractivity (Wildman–Crippen MR) is 68.0 cm³/mol. The van der Waals surface area contributed by atoms with Crippen molar-refractivity contribution in [2.24, 2.45) is 0 Å². The number of hydrogen-bond donors (Lipinski definition) is 1. The van der Waals surface area contributed by atoms with E-state index in [1.807, 2.05) is 0 Å². The number of nitrogens with zero attached hydrogens (tertiary/aromatic N) is 1. The Hall–Kier alpha value is -1.90. The highest BCUT2D eigenvalue weighted by atomic mass is 32.1. The highest BCUT2D eigenvalue weighted by molar-refractivity contribution is 7.07. The van der Waals surface area contributed by atoms with E-state index in [0.717, 1.165) is 16.9 Å². The van der Waals surface area contributed by atoms with Gasteiger partial charge in [-0.3, -0.25) is 4.79 Å². The van der Waals surface area contributed by atoms with Gasteiger partial charge in [-0.1, -0.05) is 29.2 Å². The molecule has 3 nitrogen and oxygen atoms in total. The maximum atomic E-state index is 13.1. The van der Waals surface area contributed by atoms with E-state index in [1.54, 1.807) is 17.6 Å². The second kappa shape index (κ2) is 5.63. The van der Waals surface area contributed by atoms with Crippen LogP contribution in [0.5, 0.6) is 0 Å². The van der Waals surface area contributed by atoms with Gasteiger partial charge in [-0.2, -0.15) is 0 Å². The van der Waals surface area contributed by atoms with Crippen molar-refractivity contribution < 1.29 is 9.50 Å². The second-order valence-corrected chi connectivity index (χ2v) is 4.42. The van der Waals surface area contributed by atoms with Gasteiger partial charge in [0.1, 0.15) is 12.4 Å². The minimum Gasteiger partial charge on any atom is -0.384 e. The summed E-state index contributed by atoms with van der Waals surface area (Å²) < 4.78 is 14.7. The molecule has 0 spiro atoms. The van der Waals surface area contributed by atoms with Crippen LogP contribution in [0.15, 0.2) is 34.6 Å². The first kappa shape index (κ1) is 12.6. The Labute approximate surface area is 107 Å². The van der Waals surface area contributed by atoms with Gasteiger partial charge < -0.3 is 9.67 Å². The van der Waals surface area contributed by atoms with Gasteiger partial charge in [-0.05, 0) is 17.7 Å². The SMILES string of the molecule is O=c1sccn1Cc1ccc(F)cc1C#CCO. The van der Waals surface area contributed by atoms with Crippen molar-refractivity contribution in [2.45, 2.75) is 6.54 Å². The third-order valence-electron chi connectivity index (χ3n) is 2.36. The van der Waals surface area contributed by atoms with Gasteiger partial charge in [0.2, 0.25) is 0 Å². The molecule has 1 aromatic carbocycles. The Bertz CT molecular complexity index is 663. The van der Waals surface area contributed by atoms with Crippen LogP contribution >= 0.6 is 11.3 Å². The number of aromatic nitrogens is 1. The quantitative estimate of drug-likeness (QED) is 0.833. The van der Waals surface area contributed by atoms with Crippen LogP contribution < -0.4 is 4.87 Å². The van der Waals surface area contributed by atoms with Crippen molar-refractivity contribution in [3.05, 3.63) is 56.4 Å². The van der Waals surface area contributed by atoms with E-state index in [0.29, 0.717) is 12.1 Å². The largest absolute Gasteiger partial charge is 0.384 e. The number of hydrogen-bond acceptors (Lipinski definition) is 3. The highest BCUT2D eigenvalue weighted by Crippen LogP contribution is 2.11. The van der Waals surface area contributed by atoms with Crippen LogP contribution in [0.3, 0.4) is 0 Å². The van der Waals surface area contributed by atoms with Crippen LogP contribution in [-0.2, 0) is 6.54 Å². The van der Waals surface area contributed by atoms with Crippen molar-refractivity contribution in [3.8, 4) is 11.8 Å². The van der Waals surface area contributed by atoms with Crippen molar-refractivity contribution in [3.63, 3.8) is 0 Å². The van der Waals surface area contributed by atoms with E-state index >= 15 is 0 Å². The number of halogens is 1. The Morgan fingerprint density at radius 2 is 2.28 bits per heavy atom. The molecular formula is C13H10FNO2S. The minimum absolute atomic E-state index is 0.0691. The van der Waals surface area contributed by atoms with Gasteiger partial charge in [0.05, 0.1) is 6.54 Å². The van der Waals surface area contributed by atoms with E-state index in [4.69, 9.17) is 5.11 Å². The lowest BCUT2D eigenvalue weighted by Gasteiger charge is -2.05. The van der Waals surface area contributed by atoms with Crippen molar-refractivity contribution in [2.75, 3.05) is 6.61 Å². The molecular weight excluding hydrogens is 253 g/mol. The summed E-state index contributed by atoms with van der Waals surface area (Å²) in [6.07, 6.45) is 1.68. The van der Waals surface area contributed by atoms with Crippen LogP contribution in [0.25, 0.3) is 0 Å². The second-order valence-electron chi connectivity index (χ2n) is 3.56. The number of rotatable bonds is 2. The molecule has 1 heterocycles. The van der Waals surface area contributed by atoms with E-state index in [2.05, 4.69) is 11.8 Å². The molecule has 0 aliphatic rings. The summed E-state index contributed by atoms with van der Waals surface area (Å²) in [5.74, 6) is 4.77. The molecule has 0 bridgehead atoms. The fourth-order valence-electron chi connectivity index (χ4n) is 1.53. The summed E-state index contributed by atoms with van der Waals surface area (Å²) in [5, 5.41) is 10.4. The molecule has 18 heavy (non-hydrogen) atoms. The zero-order valence-electron chi connectivity index (χ0n) is 9.39. The zero-order valence-corrected chi connectivity index (χ0v) is 10.2. The third-order valence-corrected chi connectivity index (χ3v) is 3.05. The zero-order chi connectivity index (χ0) is 13.0. The fourth-order valence-corrected chi connectivity index (χ4v) is 2.11. The fraction of sp³-hybridized carbons (Fsp3) is 0.154. The van der Waals surface area contributed by atoms with Gasteiger partial charge in [0.15, 0.2) is 0 Å². The lowest BCUT2D eigenvalue weighted by molar-refractivity contribution is 0.350. The topological polar surface area (TPSA) is 42.2 Å². The first-order valence-electron chi connectivity index (χ1n) is 5.23. The molecule has 0 atom stereocenters. The molecule has 0 saturated carbocycles. The molecule has 0 radical (unpaired) electrons. The molecule has 2 rings (SSSR count). The smallest absolute Gasteiger partial charge is 0.307 e.